The van der Waals surface area contributed by atoms with Crippen molar-refractivity contribution < 1.29 is 0 Å². The molecule has 3 heteroatoms. The molecule has 2 aliphatic heterocycles. The highest BCUT2D eigenvalue weighted by Gasteiger charge is 2.44. The fraction of sp³-hybridized carbons (Fsp3) is 0.357. The summed E-state index contributed by atoms with van der Waals surface area (Å²) < 4.78 is 0. The van der Waals surface area contributed by atoms with Crippen LogP contribution in [0.15, 0.2) is 60.7 Å². The predicted octanol–water partition coefficient (Wildman–Crippen LogP) is 7.36. The van der Waals surface area contributed by atoms with E-state index in [1.807, 2.05) is 0 Å². The van der Waals surface area contributed by atoms with Crippen LogP contribution in [0.3, 0.4) is 0 Å². The minimum atomic E-state index is 0.165. The smallest absolute Gasteiger partial charge is 0.100 e. The number of benzene rings is 3. The number of hydrogen-bond acceptors (Lipinski definition) is 3. The third-order valence-corrected chi connectivity index (χ3v) is 7.83. The SMILES string of the molecule is CN1c2cccc3c2N(CN3c2ccccc2)c2ccc3c(c21)C(C)(C)CCC3(C)C. The van der Waals surface area contributed by atoms with Crippen LogP contribution in [0.2, 0.25) is 0 Å². The zero-order valence-electron chi connectivity index (χ0n) is 19.2. The summed E-state index contributed by atoms with van der Waals surface area (Å²) in [5.74, 6) is 0. The molecule has 0 radical (unpaired) electrons. The van der Waals surface area contributed by atoms with Crippen LogP contribution in [0, 0.1) is 0 Å². The summed E-state index contributed by atoms with van der Waals surface area (Å²) in [4.78, 5) is 7.43. The number of para-hydroxylation sites is 2. The van der Waals surface area contributed by atoms with E-state index in [-0.39, 0.29) is 10.8 Å². The van der Waals surface area contributed by atoms with Gasteiger partial charge in [0.25, 0.3) is 0 Å². The zero-order valence-corrected chi connectivity index (χ0v) is 19.2. The topological polar surface area (TPSA) is 9.72 Å². The predicted molar refractivity (Wildman–Crippen MR) is 132 cm³/mol. The molecule has 3 nitrogen and oxygen atoms in total. The maximum atomic E-state index is 2.53. The molecule has 0 bridgehead atoms. The Morgan fingerprint density at radius 1 is 0.645 bits per heavy atom. The van der Waals surface area contributed by atoms with Gasteiger partial charge >= 0.3 is 0 Å². The average molecular weight is 410 g/mol. The molecule has 3 aromatic carbocycles. The second kappa shape index (κ2) is 6.06. The highest BCUT2D eigenvalue weighted by molar-refractivity contribution is 6.03. The molecule has 0 N–H and O–H groups in total. The Bertz CT molecular complexity index is 1190. The number of rotatable bonds is 1. The third kappa shape index (κ3) is 2.46. The Hall–Kier alpha value is -2.94. The van der Waals surface area contributed by atoms with Crippen molar-refractivity contribution in [3.05, 3.63) is 71.8 Å². The first-order valence-corrected chi connectivity index (χ1v) is 11.4. The molecule has 0 spiro atoms. The Morgan fingerprint density at radius 2 is 1.32 bits per heavy atom. The highest BCUT2D eigenvalue weighted by atomic mass is 15.4. The highest BCUT2D eigenvalue weighted by Crippen LogP contribution is 2.60. The molecule has 3 aliphatic rings. The summed E-state index contributed by atoms with van der Waals surface area (Å²) in [6.45, 7) is 10.5. The van der Waals surface area contributed by atoms with E-state index in [1.54, 1.807) is 0 Å². The first-order chi connectivity index (χ1) is 14.8. The molecule has 3 aromatic rings. The number of fused-ring (bicyclic) bond motifs is 4. The van der Waals surface area contributed by atoms with Crippen molar-refractivity contribution in [3.8, 4) is 0 Å². The number of hydrogen-bond donors (Lipinski definition) is 0. The van der Waals surface area contributed by atoms with Crippen LogP contribution in [0.5, 0.6) is 0 Å². The fourth-order valence-corrected chi connectivity index (χ4v) is 5.99. The Balaban J connectivity index is 1.60. The van der Waals surface area contributed by atoms with E-state index in [0.29, 0.717) is 0 Å². The second-order valence-corrected chi connectivity index (χ2v) is 10.7. The van der Waals surface area contributed by atoms with Crippen molar-refractivity contribution in [1.29, 1.82) is 0 Å². The summed E-state index contributed by atoms with van der Waals surface area (Å²) in [6.07, 6.45) is 2.46. The maximum Gasteiger partial charge on any atom is 0.100 e. The first-order valence-electron chi connectivity index (χ1n) is 11.4. The summed E-state index contributed by atoms with van der Waals surface area (Å²) in [6, 6.07) is 22.3. The molecule has 0 aromatic heterocycles. The van der Waals surface area contributed by atoms with Crippen molar-refractivity contribution >= 4 is 34.1 Å². The molecule has 0 saturated carbocycles. The van der Waals surface area contributed by atoms with Crippen LogP contribution in [0.1, 0.15) is 51.7 Å². The monoisotopic (exact) mass is 409 g/mol. The Labute approximate surface area is 185 Å². The van der Waals surface area contributed by atoms with E-state index in [2.05, 4.69) is 110 Å². The van der Waals surface area contributed by atoms with Gasteiger partial charge in [-0.1, -0.05) is 58.0 Å². The zero-order chi connectivity index (χ0) is 21.5. The van der Waals surface area contributed by atoms with Crippen molar-refractivity contribution in [2.75, 3.05) is 28.4 Å². The van der Waals surface area contributed by atoms with Crippen LogP contribution in [0.4, 0.5) is 34.1 Å². The molecule has 0 unspecified atom stereocenters. The van der Waals surface area contributed by atoms with Crippen molar-refractivity contribution in [2.24, 2.45) is 0 Å². The molecule has 31 heavy (non-hydrogen) atoms. The number of anilines is 6. The van der Waals surface area contributed by atoms with Crippen LogP contribution in [-0.4, -0.2) is 13.7 Å². The normalized spacial score (nSPS) is 19.7. The Kier molecular flexibility index (Phi) is 3.68. The summed E-state index contributed by atoms with van der Waals surface area (Å²) in [5, 5.41) is 0. The molecule has 0 fully saturated rings. The first kappa shape index (κ1) is 18.8. The molecule has 6 rings (SSSR count). The van der Waals surface area contributed by atoms with Gasteiger partial charge in [-0.3, -0.25) is 0 Å². The van der Waals surface area contributed by atoms with Crippen LogP contribution >= 0.6 is 0 Å². The van der Waals surface area contributed by atoms with Gasteiger partial charge in [-0.2, -0.15) is 0 Å². The molecule has 1 aliphatic carbocycles. The van der Waals surface area contributed by atoms with Gasteiger partial charge in [-0.25, -0.2) is 0 Å². The molecule has 0 saturated heterocycles. The molecular formula is C28H31N3. The fourth-order valence-electron chi connectivity index (χ4n) is 5.99. The van der Waals surface area contributed by atoms with Gasteiger partial charge in [0.05, 0.1) is 28.4 Å². The third-order valence-electron chi connectivity index (χ3n) is 7.83. The lowest BCUT2D eigenvalue weighted by atomic mass is 9.62. The molecule has 0 atom stereocenters. The molecule has 0 amide bonds. The van der Waals surface area contributed by atoms with Crippen LogP contribution in [0.25, 0.3) is 0 Å². The van der Waals surface area contributed by atoms with Gasteiger partial charge < -0.3 is 14.7 Å². The standard InChI is InChI=1S/C28H31N3/c1-27(2)16-17-28(3,4)24-20(27)14-15-23-26(24)29(5)21-12-9-13-22-25(21)31(23)18-30(22)19-10-7-6-8-11-19/h6-15H,16-18H2,1-5H3. The van der Waals surface area contributed by atoms with Gasteiger partial charge in [0, 0.05) is 12.7 Å². The maximum absolute atomic E-state index is 2.53. The van der Waals surface area contributed by atoms with Crippen molar-refractivity contribution in [3.63, 3.8) is 0 Å². The van der Waals surface area contributed by atoms with Crippen molar-refractivity contribution in [2.45, 2.75) is 51.4 Å². The van der Waals surface area contributed by atoms with E-state index in [9.17, 15) is 0 Å². The second-order valence-electron chi connectivity index (χ2n) is 10.7. The summed E-state index contributed by atoms with van der Waals surface area (Å²) in [7, 11) is 2.26. The Morgan fingerprint density at radius 3 is 2.10 bits per heavy atom. The quantitative estimate of drug-likeness (QED) is 0.415. The molecular weight excluding hydrogens is 378 g/mol. The lowest BCUT2D eigenvalue weighted by Gasteiger charge is -2.47. The van der Waals surface area contributed by atoms with Crippen LogP contribution in [-0.2, 0) is 10.8 Å². The van der Waals surface area contributed by atoms with Gasteiger partial charge in [0.2, 0.25) is 0 Å². The van der Waals surface area contributed by atoms with E-state index < -0.39 is 0 Å². The van der Waals surface area contributed by atoms with E-state index in [4.69, 9.17) is 0 Å². The van der Waals surface area contributed by atoms with Gasteiger partial charge in [-0.05, 0) is 65.1 Å². The largest absolute Gasteiger partial charge is 0.341 e. The van der Waals surface area contributed by atoms with Gasteiger partial charge in [0.1, 0.15) is 6.67 Å². The molecule has 158 valence electrons. The average Bonchev–Trinajstić information content (AvgIpc) is 3.16. The number of nitrogens with zero attached hydrogens (tertiary/aromatic N) is 3. The lowest BCUT2D eigenvalue weighted by molar-refractivity contribution is 0.332. The summed E-state index contributed by atoms with van der Waals surface area (Å²) in [5.41, 5.74) is 11.3. The van der Waals surface area contributed by atoms with Crippen LogP contribution < -0.4 is 14.7 Å². The lowest BCUT2D eigenvalue weighted by Crippen LogP contribution is -2.37. The van der Waals surface area contributed by atoms with Crippen molar-refractivity contribution in [1.82, 2.24) is 0 Å². The minimum absolute atomic E-state index is 0.165. The summed E-state index contributed by atoms with van der Waals surface area (Å²) >= 11 is 0. The molecule has 2 heterocycles. The van der Waals surface area contributed by atoms with E-state index in [1.165, 1.54) is 58.1 Å². The van der Waals surface area contributed by atoms with E-state index >= 15 is 0 Å². The van der Waals surface area contributed by atoms with Gasteiger partial charge in [0.15, 0.2) is 0 Å². The minimum Gasteiger partial charge on any atom is -0.341 e. The van der Waals surface area contributed by atoms with Gasteiger partial charge in [-0.15, -0.1) is 0 Å². The van der Waals surface area contributed by atoms with E-state index in [0.717, 1.165) is 6.67 Å².